The lowest BCUT2D eigenvalue weighted by Crippen LogP contribution is -2.33. The van der Waals surface area contributed by atoms with Gasteiger partial charge in [0.25, 0.3) is 0 Å². The summed E-state index contributed by atoms with van der Waals surface area (Å²) in [6, 6.07) is 7.98. The molecule has 130 valence electrons. The van der Waals surface area contributed by atoms with Crippen LogP contribution in [-0.4, -0.2) is 36.5 Å². The van der Waals surface area contributed by atoms with Gasteiger partial charge in [-0.1, -0.05) is 17.7 Å². The molecule has 1 heterocycles. The highest BCUT2D eigenvalue weighted by molar-refractivity contribution is 7.91. The van der Waals surface area contributed by atoms with E-state index in [2.05, 4.69) is 15.7 Å². The fourth-order valence-corrected chi connectivity index (χ4v) is 3.30. The number of nitrogens with one attached hydrogen (secondary N) is 2. The first-order chi connectivity index (χ1) is 11.3. The molecule has 0 saturated carbocycles. The normalized spacial score (nSPS) is 11.5. The van der Waals surface area contributed by atoms with E-state index in [1.54, 1.807) is 41.2 Å². The Hall–Kier alpha value is -2.35. The third-order valence-electron chi connectivity index (χ3n) is 3.44. The number of aromatic nitrogens is 2. The maximum absolute atomic E-state index is 12.2. The molecule has 0 fully saturated rings. The zero-order valence-corrected chi connectivity index (χ0v) is 14.8. The Balaban J connectivity index is 1.88. The minimum atomic E-state index is -3.42. The van der Waals surface area contributed by atoms with E-state index in [0.29, 0.717) is 5.82 Å². The lowest BCUT2D eigenvalue weighted by molar-refractivity contribution is 0.252. The zero-order chi connectivity index (χ0) is 17.7. The minimum absolute atomic E-state index is 0.0257. The molecule has 2 amide bonds. The van der Waals surface area contributed by atoms with E-state index in [0.717, 1.165) is 5.56 Å². The number of aryl methyl sites for hydroxylation is 1. The second-order valence-electron chi connectivity index (χ2n) is 5.77. The number of amides is 2. The molecule has 2 aromatic rings. The van der Waals surface area contributed by atoms with Crippen molar-refractivity contribution in [1.82, 2.24) is 15.1 Å². The molecule has 2 rings (SSSR count). The van der Waals surface area contributed by atoms with Crippen LogP contribution in [0.1, 0.15) is 25.5 Å². The number of rotatable bonds is 6. The van der Waals surface area contributed by atoms with Gasteiger partial charge in [-0.05, 0) is 32.9 Å². The van der Waals surface area contributed by atoms with Crippen LogP contribution < -0.4 is 10.6 Å². The van der Waals surface area contributed by atoms with Crippen molar-refractivity contribution in [3.05, 3.63) is 42.1 Å². The number of hydrogen-bond acceptors (Lipinski definition) is 4. The first-order valence-electron chi connectivity index (χ1n) is 7.67. The summed E-state index contributed by atoms with van der Waals surface area (Å²) in [7, 11) is -3.42. The van der Waals surface area contributed by atoms with Crippen LogP contribution in [0.4, 0.5) is 10.6 Å². The number of sulfone groups is 1. The van der Waals surface area contributed by atoms with Crippen molar-refractivity contribution >= 4 is 21.7 Å². The number of carbonyl (C=O) groups excluding carboxylic acids is 1. The summed E-state index contributed by atoms with van der Waals surface area (Å²) in [6.45, 7) is 5.82. The monoisotopic (exact) mass is 350 g/mol. The topological polar surface area (TPSA) is 93.1 Å². The van der Waals surface area contributed by atoms with Crippen LogP contribution in [0, 0.1) is 6.92 Å². The Bertz CT molecular complexity index is 795. The Labute approximate surface area is 142 Å². The molecule has 0 unspecified atom stereocenters. The average Bonchev–Trinajstić information content (AvgIpc) is 2.95. The first kappa shape index (κ1) is 18.0. The number of nitrogens with zero attached hydrogens (tertiary/aromatic N) is 2. The third kappa shape index (κ3) is 4.58. The Morgan fingerprint density at radius 1 is 1.21 bits per heavy atom. The standard InChI is InChI=1S/C16H22N4O3S/c1-12(2)20-15(8-9-18-20)19-16(21)17-10-11-24(22,23)14-6-4-13(3)5-7-14/h4-9,12H,10-11H2,1-3H3,(H2,17,19,21). The molecule has 8 heteroatoms. The number of benzene rings is 1. The maximum Gasteiger partial charge on any atom is 0.320 e. The van der Waals surface area contributed by atoms with Crippen molar-refractivity contribution in [2.75, 3.05) is 17.6 Å². The van der Waals surface area contributed by atoms with Gasteiger partial charge in [0.15, 0.2) is 9.84 Å². The van der Waals surface area contributed by atoms with Gasteiger partial charge in [0.1, 0.15) is 5.82 Å². The summed E-state index contributed by atoms with van der Waals surface area (Å²) in [5.74, 6) is 0.399. The predicted molar refractivity (Wildman–Crippen MR) is 92.9 cm³/mol. The SMILES string of the molecule is Cc1ccc(S(=O)(=O)CCNC(=O)Nc2ccnn2C(C)C)cc1. The summed E-state index contributed by atoms with van der Waals surface area (Å²) in [5.41, 5.74) is 0.994. The molecule has 0 saturated heterocycles. The third-order valence-corrected chi connectivity index (χ3v) is 5.17. The first-order valence-corrected chi connectivity index (χ1v) is 9.32. The van der Waals surface area contributed by atoms with Crippen LogP contribution in [0.15, 0.2) is 41.4 Å². The Kier molecular flexibility index (Phi) is 5.61. The summed E-state index contributed by atoms with van der Waals surface area (Å²) in [4.78, 5) is 12.2. The fraction of sp³-hybridized carbons (Fsp3) is 0.375. The van der Waals surface area contributed by atoms with Gasteiger partial charge in [-0.2, -0.15) is 5.10 Å². The molecule has 0 aliphatic rings. The number of carbonyl (C=O) groups is 1. The molecule has 1 aromatic heterocycles. The molecular weight excluding hydrogens is 328 g/mol. The number of hydrogen-bond donors (Lipinski definition) is 2. The highest BCUT2D eigenvalue weighted by Gasteiger charge is 2.15. The zero-order valence-electron chi connectivity index (χ0n) is 14.0. The minimum Gasteiger partial charge on any atom is -0.337 e. The van der Waals surface area contributed by atoms with Crippen LogP contribution in [0.2, 0.25) is 0 Å². The molecular formula is C16H22N4O3S. The second kappa shape index (κ2) is 7.48. The summed E-state index contributed by atoms with van der Waals surface area (Å²) in [6.07, 6.45) is 1.59. The molecule has 0 atom stereocenters. The van der Waals surface area contributed by atoms with Crippen molar-refractivity contribution in [3.8, 4) is 0 Å². The van der Waals surface area contributed by atoms with E-state index in [9.17, 15) is 13.2 Å². The molecule has 0 spiro atoms. The number of anilines is 1. The fourth-order valence-electron chi connectivity index (χ4n) is 2.15. The molecule has 2 N–H and O–H groups in total. The van der Waals surface area contributed by atoms with E-state index in [-0.39, 0.29) is 23.2 Å². The Morgan fingerprint density at radius 3 is 2.50 bits per heavy atom. The van der Waals surface area contributed by atoms with Crippen LogP contribution in [0.3, 0.4) is 0 Å². The van der Waals surface area contributed by atoms with Crippen molar-refractivity contribution in [3.63, 3.8) is 0 Å². The van der Waals surface area contributed by atoms with Gasteiger partial charge in [0.2, 0.25) is 0 Å². The quantitative estimate of drug-likeness (QED) is 0.836. The van der Waals surface area contributed by atoms with Crippen LogP contribution >= 0.6 is 0 Å². The molecule has 1 aromatic carbocycles. The van der Waals surface area contributed by atoms with Gasteiger partial charge in [0, 0.05) is 18.7 Å². The Morgan fingerprint density at radius 2 is 1.88 bits per heavy atom. The summed E-state index contributed by atoms with van der Waals surface area (Å²) in [5, 5.41) is 9.33. The van der Waals surface area contributed by atoms with Gasteiger partial charge in [-0.25, -0.2) is 17.9 Å². The van der Waals surface area contributed by atoms with E-state index in [4.69, 9.17) is 0 Å². The smallest absolute Gasteiger partial charge is 0.320 e. The molecule has 0 aliphatic carbocycles. The van der Waals surface area contributed by atoms with Crippen molar-refractivity contribution in [2.45, 2.75) is 31.7 Å². The summed E-state index contributed by atoms with van der Waals surface area (Å²) >= 11 is 0. The lowest BCUT2D eigenvalue weighted by Gasteiger charge is -2.12. The predicted octanol–water partition coefficient (Wildman–Crippen LogP) is 2.37. The lowest BCUT2D eigenvalue weighted by atomic mass is 10.2. The highest BCUT2D eigenvalue weighted by Crippen LogP contribution is 2.13. The molecule has 0 aliphatic heterocycles. The van der Waals surface area contributed by atoms with E-state index >= 15 is 0 Å². The van der Waals surface area contributed by atoms with Crippen LogP contribution in [-0.2, 0) is 9.84 Å². The molecule has 0 bridgehead atoms. The van der Waals surface area contributed by atoms with Gasteiger partial charge in [0.05, 0.1) is 16.8 Å². The van der Waals surface area contributed by atoms with Gasteiger partial charge in [-0.3, -0.25) is 5.32 Å². The largest absolute Gasteiger partial charge is 0.337 e. The summed E-state index contributed by atoms with van der Waals surface area (Å²) < 4.78 is 26.1. The van der Waals surface area contributed by atoms with Crippen molar-refractivity contribution < 1.29 is 13.2 Å². The highest BCUT2D eigenvalue weighted by atomic mass is 32.2. The van der Waals surface area contributed by atoms with Crippen LogP contribution in [0.5, 0.6) is 0 Å². The molecule has 7 nitrogen and oxygen atoms in total. The second-order valence-corrected chi connectivity index (χ2v) is 7.88. The molecule has 0 radical (unpaired) electrons. The average molecular weight is 350 g/mol. The van der Waals surface area contributed by atoms with Gasteiger partial charge < -0.3 is 5.32 Å². The van der Waals surface area contributed by atoms with Crippen molar-refractivity contribution in [1.29, 1.82) is 0 Å². The van der Waals surface area contributed by atoms with Gasteiger partial charge in [-0.15, -0.1) is 0 Å². The van der Waals surface area contributed by atoms with E-state index < -0.39 is 15.9 Å². The maximum atomic E-state index is 12.2. The van der Waals surface area contributed by atoms with Crippen molar-refractivity contribution in [2.24, 2.45) is 0 Å². The molecule has 24 heavy (non-hydrogen) atoms. The van der Waals surface area contributed by atoms with Crippen LogP contribution in [0.25, 0.3) is 0 Å². The van der Waals surface area contributed by atoms with E-state index in [1.165, 1.54) is 0 Å². The van der Waals surface area contributed by atoms with Gasteiger partial charge >= 0.3 is 6.03 Å². The van der Waals surface area contributed by atoms with E-state index in [1.807, 2.05) is 20.8 Å². The number of urea groups is 1.